The molecule has 394 valence electrons. The summed E-state index contributed by atoms with van der Waals surface area (Å²) in [7, 11) is 0. The molecule has 5 aliphatic rings. The van der Waals surface area contributed by atoms with Gasteiger partial charge in [-0.25, -0.2) is 0 Å². The van der Waals surface area contributed by atoms with E-state index in [2.05, 4.69) is 0 Å². The Labute approximate surface area is 378 Å². The Hall–Kier alpha value is -1.24. The summed E-state index contributed by atoms with van der Waals surface area (Å²) < 4.78 is 55.1. The monoisotopic (exact) mass is 992 g/mol. The molecular weight excluding hydrogens is 928 g/mol. The van der Waals surface area contributed by atoms with Crippen molar-refractivity contribution in [1.29, 1.82) is 0 Å². The molecule has 0 saturated carbocycles. The van der Waals surface area contributed by atoms with Crippen molar-refractivity contribution in [3.8, 4) is 0 Å². The van der Waals surface area contributed by atoms with Gasteiger partial charge < -0.3 is 155 Å². The Morgan fingerprint density at radius 3 is 1.13 bits per heavy atom. The average molecular weight is 993 g/mol. The number of hydrogen-bond donors (Lipinski definition) is 21. The van der Waals surface area contributed by atoms with Gasteiger partial charge in [0.15, 0.2) is 31.5 Å². The third kappa shape index (κ3) is 12.7. The van der Waals surface area contributed by atoms with Crippen molar-refractivity contribution in [3.05, 3.63) is 0 Å². The van der Waals surface area contributed by atoms with Crippen LogP contribution in [0.1, 0.15) is 0 Å². The summed E-state index contributed by atoms with van der Waals surface area (Å²) in [5, 5.41) is 216. The Balaban J connectivity index is 1.28. The van der Waals surface area contributed by atoms with Crippen LogP contribution in [-0.2, 0) is 47.4 Å². The van der Waals surface area contributed by atoms with E-state index in [1.165, 1.54) is 0 Å². The first-order valence-corrected chi connectivity index (χ1v) is 21.1. The molecule has 5 fully saturated rings. The molecule has 0 amide bonds. The van der Waals surface area contributed by atoms with Gasteiger partial charge in [0, 0.05) is 0 Å². The van der Waals surface area contributed by atoms with Crippen LogP contribution in [0.3, 0.4) is 0 Å². The molecule has 0 unspecified atom stereocenters. The van der Waals surface area contributed by atoms with Crippen molar-refractivity contribution in [2.24, 2.45) is 0 Å². The van der Waals surface area contributed by atoms with Gasteiger partial charge in [-0.1, -0.05) is 0 Å². The van der Waals surface area contributed by atoms with Gasteiger partial charge in [0.1, 0.15) is 146 Å². The van der Waals surface area contributed by atoms with Crippen molar-refractivity contribution in [2.45, 2.75) is 178 Å². The van der Waals surface area contributed by atoms with E-state index in [0.29, 0.717) is 0 Å². The van der Waals surface area contributed by atoms with E-state index in [1.54, 1.807) is 0 Å². The molecular formula is C36H64O31. The van der Waals surface area contributed by atoms with Crippen LogP contribution in [0.15, 0.2) is 0 Å². The Morgan fingerprint density at radius 2 is 0.716 bits per heavy atom. The summed E-state index contributed by atoms with van der Waals surface area (Å²) in [6, 6.07) is 0. The maximum atomic E-state index is 11.5. The van der Waals surface area contributed by atoms with Gasteiger partial charge in [0.05, 0.1) is 46.2 Å². The SMILES string of the molecule is OC[C@@H](O)[C@@H]1O[C@@H](OC[C@@H](O)[C@@H]2O[C@@H](OC[C@@H](O)[C@@H]3O[C@@H](OC[C@@H](O)[C@H](O)[C@H](O)[C@@H](O)CO)[C@H](O)[C@H]3O)[C@H](O[C@H]3O[C@H](CO)[C@@H](O)[C@H](O)[C@H]3O)[C@H]2O)[C@H](O[C@H]2O[C@H](CO)[C@@H](O)[C@H](O)[C@H]2O)[C@H]1O. The maximum Gasteiger partial charge on any atom is 0.187 e. The van der Waals surface area contributed by atoms with Gasteiger partial charge in [0.2, 0.25) is 0 Å². The van der Waals surface area contributed by atoms with Crippen LogP contribution >= 0.6 is 0 Å². The van der Waals surface area contributed by atoms with E-state index in [4.69, 9.17) is 52.5 Å². The highest BCUT2D eigenvalue weighted by Crippen LogP contribution is 2.35. The molecule has 29 atom stereocenters. The largest absolute Gasteiger partial charge is 0.394 e. The van der Waals surface area contributed by atoms with Crippen LogP contribution in [0.2, 0.25) is 0 Å². The van der Waals surface area contributed by atoms with Gasteiger partial charge in [-0.2, -0.15) is 0 Å². The van der Waals surface area contributed by atoms with Crippen LogP contribution < -0.4 is 0 Å². The van der Waals surface area contributed by atoms with Gasteiger partial charge in [-0.05, 0) is 0 Å². The molecule has 5 saturated heterocycles. The Morgan fingerprint density at radius 1 is 0.343 bits per heavy atom. The predicted octanol–water partition coefficient (Wildman–Crippen LogP) is -14.5. The van der Waals surface area contributed by atoms with Gasteiger partial charge in [-0.3, -0.25) is 0 Å². The second-order valence-electron chi connectivity index (χ2n) is 16.6. The zero-order valence-electron chi connectivity index (χ0n) is 35.2. The molecule has 31 nitrogen and oxygen atoms in total. The lowest BCUT2D eigenvalue weighted by atomic mass is 9.99. The molecule has 0 radical (unpaired) electrons. The minimum absolute atomic E-state index is 0.859. The highest BCUT2D eigenvalue weighted by molar-refractivity contribution is 4.98. The summed E-state index contributed by atoms with van der Waals surface area (Å²) in [5.74, 6) is 0. The van der Waals surface area contributed by atoms with E-state index < -0.39 is 224 Å². The van der Waals surface area contributed by atoms with Gasteiger partial charge >= 0.3 is 0 Å². The van der Waals surface area contributed by atoms with E-state index >= 15 is 0 Å². The Bertz CT molecular complexity index is 1460. The van der Waals surface area contributed by atoms with Gasteiger partial charge in [0.25, 0.3) is 0 Å². The number of rotatable bonds is 23. The van der Waals surface area contributed by atoms with Crippen molar-refractivity contribution in [1.82, 2.24) is 0 Å². The third-order valence-electron chi connectivity index (χ3n) is 11.9. The first-order chi connectivity index (χ1) is 31.6. The first-order valence-electron chi connectivity index (χ1n) is 21.1. The van der Waals surface area contributed by atoms with Crippen LogP contribution in [0.25, 0.3) is 0 Å². The Kier molecular flexibility index (Phi) is 21.1. The van der Waals surface area contributed by atoms with E-state index in [9.17, 15) is 102 Å². The molecule has 0 aliphatic carbocycles. The zero-order chi connectivity index (χ0) is 49.8. The molecule has 0 aromatic heterocycles. The summed E-state index contributed by atoms with van der Waals surface area (Å²) in [5.41, 5.74) is 0. The van der Waals surface area contributed by atoms with Crippen molar-refractivity contribution in [2.75, 3.05) is 46.2 Å². The van der Waals surface area contributed by atoms with Crippen LogP contribution in [0.4, 0.5) is 0 Å². The lowest BCUT2D eigenvalue weighted by molar-refractivity contribution is -0.328. The molecule has 67 heavy (non-hydrogen) atoms. The standard InChI is InChI=1S/C36H64O31/c37-1-8(41)15(46)16(47)10(43)5-58-32-24(55)21(52)28(63-32)11(44)6-59-36-31(67-34-23(54)20(51)18(49)14(4-40)62-34)26(57)29(65-36)12(45)7-60-35-30(25(56)27(64-35)9(42)2-38)66-33-22(53)19(50)17(48)13(3-39)61-33/h8-57H,1-7H2/t8-,9+,10+,11+,12+,13+,14+,15+,16-,17+,18+,19-,20-,21+,22+,23+,24+,25-,26-,27-,28-,29-,30+,31+,32+,33+,34+,35+,36+/m0/s1. The van der Waals surface area contributed by atoms with Crippen molar-refractivity contribution < 1.29 is 155 Å². The zero-order valence-corrected chi connectivity index (χ0v) is 35.2. The third-order valence-corrected chi connectivity index (χ3v) is 11.9. The minimum Gasteiger partial charge on any atom is -0.394 e. The molecule has 5 heterocycles. The fourth-order valence-electron chi connectivity index (χ4n) is 7.85. The second-order valence-corrected chi connectivity index (χ2v) is 16.6. The van der Waals surface area contributed by atoms with Crippen LogP contribution in [0.5, 0.6) is 0 Å². The molecule has 0 bridgehead atoms. The number of aliphatic hydroxyl groups excluding tert-OH is 21. The number of ether oxygens (including phenoxy) is 10. The molecule has 5 rings (SSSR count). The smallest absolute Gasteiger partial charge is 0.187 e. The van der Waals surface area contributed by atoms with Gasteiger partial charge in [-0.15, -0.1) is 0 Å². The predicted molar refractivity (Wildman–Crippen MR) is 201 cm³/mol. The normalized spacial score (nSPS) is 46.0. The van der Waals surface area contributed by atoms with Crippen LogP contribution in [-0.4, -0.2) is 331 Å². The number of hydrogen-bond acceptors (Lipinski definition) is 31. The molecule has 0 aromatic rings. The van der Waals surface area contributed by atoms with Crippen molar-refractivity contribution >= 4 is 0 Å². The fourth-order valence-corrected chi connectivity index (χ4v) is 7.85. The van der Waals surface area contributed by atoms with E-state index in [1.807, 2.05) is 0 Å². The summed E-state index contributed by atoms with van der Waals surface area (Å²) >= 11 is 0. The quantitative estimate of drug-likeness (QED) is 0.0452. The minimum atomic E-state index is -2.06. The first kappa shape index (κ1) is 56.7. The average Bonchev–Trinajstić information content (AvgIpc) is 3.92. The topological polar surface area (TPSA) is 517 Å². The van der Waals surface area contributed by atoms with E-state index in [0.717, 1.165) is 0 Å². The number of aliphatic hydroxyl groups is 21. The second kappa shape index (κ2) is 24.9. The highest BCUT2D eigenvalue weighted by Gasteiger charge is 2.56. The lowest BCUT2D eigenvalue weighted by Crippen LogP contribution is -2.60. The molecule has 21 N–H and O–H groups in total. The summed E-state index contributed by atoms with van der Waals surface area (Å²) in [4.78, 5) is 0. The molecule has 0 spiro atoms. The fraction of sp³-hybridized carbons (Fsp3) is 1.00. The highest BCUT2D eigenvalue weighted by atomic mass is 16.8. The summed E-state index contributed by atoms with van der Waals surface area (Å²) in [6.07, 6.45) is -54.2. The summed E-state index contributed by atoms with van der Waals surface area (Å²) in [6.45, 7) is -6.44. The van der Waals surface area contributed by atoms with Crippen LogP contribution in [0, 0.1) is 0 Å². The molecule has 31 heteroatoms. The molecule has 5 aliphatic heterocycles. The lowest BCUT2D eigenvalue weighted by Gasteiger charge is -2.41. The van der Waals surface area contributed by atoms with Crippen molar-refractivity contribution in [3.63, 3.8) is 0 Å². The molecule has 0 aromatic carbocycles. The maximum absolute atomic E-state index is 11.5. The van der Waals surface area contributed by atoms with E-state index in [-0.39, 0.29) is 0 Å².